The van der Waals surface area contributed by atoms with Gasteiger partial charge in [-0.25, -0.2) is 0 Å². The third kappa shape index (κ3) is 3.76. The molecule has 6 nitrogen and oxygen atoms in total. The van der Waals surface area contributed by atoms with Gasteiger partial charge in [0.1, 0.15) is 11.8 Å². The number of ether oxygens (including phenoxy) is 1. The highest BCUT2D eigenvalue weighted by molar-refractivity contribution is 6.23. The number of benzene rings is 2. The summed E-state index contributed by atoms with van der Waals surface area (Å²) in [5.74, 6) is -2.25. The maximum Gasteiger partial charge on any atom is 0.573 e. The Bertz CT molecular complexity index is 875. The van der Waals surface area contributed by atoms with Crippen LogP contribution >= 0.6 is 0 Å². The van der Waals surface area contributed by atoms with Crippen molar-refractivity contribution in [3.8, 4) is 5.75 Å². The molecule has 0 unspecified atom stereocenters. The molecule has 2 aromatic carbocycles. The van der Waals surface area contributed by atoms with Gasteiger partial charge in [-0.15, -0.1) is 13.2 Å². The number of alkyl halides is 3. The molecule has 0 saturated carbocycles. The van der Waals surface area contributed by atoms with Crippen molar-refractivity contribution in [3.63, 3.8) is 0 Å². The minimum Gasteiger partial charge on any atom is -0.406 e. The summed E-state index contributed by atoms with van der Waals surface area (Å²) in [6.07, 6.45) is -4.81. The molecule has 0 spiro atoms. The molecule has 1 atom stereocenters. The summed E-state index contributed by atoms with van der Waals surface area (Å²) < 4.78 is 40.2. The summed E-state index contributed by atoms with van der Waals surface area (Å²) in [7, 11) is 0. The third-order valence-electron chi connectivity index (χ3n) is 3.95. The number of amides is 3. The Morgan fingerprint density at radius 3 is 2.00 bits per heavy atom. The van der Waals surface area contributed by atoms with Crippen molar-refractivity contribution in [3.05, 3.63) is 59.7 Å². The highest BCUT2D eigenvalue weighted by Crippen LogP contribution is 2.26. The summed E-state index contributed by atoms with van der Waals surface area (Å²) in [5.41, 5.74) is 0.629. The number of hydrogen-bond acceptors (Lipinski definition) is 4. The third-order valence-corrected chi connectivity index (χ3v) is 3.95. The van der Waals surface area contributed by atoms with Gasteiger partial charge in [0, 0.05) is 5.69 Å². The summed E-state index contributed by atoms with van der Waals surface area (Å²) in [4.78, 5) is 38.0. The summed E-state index contributed by atoms with van der Waals surface area (Å²) in [6, 6.07) is 9.63. The fourth-order valence-electron chi connectivity index (χ4n) is 2.66. The van der Waals surface area contributed by atoms with Crippen LogP contribution in [-0.2, 0) is 4.79 Å². The van der Waals surface area contributed by atoms with Crippen molar-refractivity contribution >= 4 is 23.4 Å². The van der Waals surface area contributed by atoms with Crippen molar-refractivity contribution in [2.45, 2.75) is 19.3 Å². The molecular formula is C18H13F3N2O4. The largest absolute Gasteiger partial charge is 0.573 e. The minimum atomic E-state index is -4.81. The molecule has 0 radical (unpaired) electrons. The molecule has 1 aliphatic rings. The molecule has 9 heteroatoms. The number of nitrogens with zero attached hydrogens (tertiary/aromatic N) is 1. The fraction of sp³-hybridized carbons (Fsp3) is 0.167. The van der Waals surface area contributed by atoms with E-state index >= 15 is 0 Å². The van der Waals surface area contributed by atoms with E-state index in [0.717, 1.165) is 17.0 Å². The van der Waals surface area contributed by atoms with Crippen LogP contribution in [0.1, 0.15) is 27.6 Å². The molecule has 0 fully saturated rings. The molecule has 1 N–H and O–H groups in total. The lowest BCUT2D eigenvalue weighted by Crippen LogP contribution is -2.45. The molecular weight excluding hydrogens is 365 g/mol. The van der Waals surface area contributed by atoms with Gasteiger partial charge in [-0.05, 0) is 43.3 Å². The maximum absolute atomic E-state index is 12.4. The Balaban J connectivity index is 1.70. The van der Waals surface area contributed by atoms with Gasteiger partial charge in [0.25, 0.3) is 11.8 Å². The number of fused-ring (bicyclic) bond motifs is 1. The molecule has 1 aliphatic heterocycles. The summed E-state index contributed by atoms with van der Waals surface area (Å²) in [6.45, 7) is 1.39. The Hall–Kier alpha value is -3.36. The van der Waals surface area contributed by atoms with E-state index in [2.05, 4.69) is 10.1 Å². The first-order valence-electron chi connectivity index (χ1n) is 7.81. The molecule has 1 heterocycles. The Labute approximate surface area is 151 Å². The van der Waals surface area contributed by atoms with E-state index in [1.54, 1.807) is 12.1 Å². The van der Waals surface area contributed by atoms with Gasteiger partial charge < -0.3 is 10.1 Å². The summed E-state index contributed by atoms with van der Waals surface area (Å²) in [5, 5.41) is 2.45. The van der Waals surface area contributed by atoms with Crippen LogP contribution in [0.2, 0.25) is 0 Å². The van der Waals surface area contributed by atoms with E-state index in [0.29, 0.717) is 0 Å². The monoisotopic (exact) mass is 378 g/mol. The lowest BCUT2D eigenvalue weighted by molar-refractivity contribution is -0.274. The first kappa shape index (κ1) is 18.4. The van der Waals surface area contributed by atoms with Crippen LogP contribution in [0.4, 0.5) is 18.9 Å². The van der Waals surface area contributed by atoms with Gasteiger partial charge in [-0.2, -0.15) is 0 Å². The average Bonchev–Trinajstić information content (AvgIpc) is 2.86. The van der Waals surface area contributed by atoms with E-state index in [4.69, 9.17) is 0 Å². The van der Waals surface area contributed by atoms with E-state index in [9.17, 15) is 27.6 Å². The second-order valence-corrected chi connectivity index (χ2v) is 5.76. The second-order valence-electron chi connectivity index (χ2n) is 5.76. The Morgan fingerprint density at radius 2 is 1.52 bits per heavy atom. The number of rotatable bonds is 4. The van der Waals surface area contributed by atoms with E-state index < -0.39 is 35.9 Å². The number of anilines is 1. The average molecular weight is 378 g/mol. The zero-order valence-corrected chi connectivity index (χ0v) is 13.9. The van der Waals surface area contributed by atoms with Crippen molar-refractivity contribution in [1.29, 1.82) is 0 Å². The van der Waals surface area contributed by atoms with Gasteiger partial charge in [0.05, 0.1) is 11.1 Å². The molecule has 3 amide bonds. The lowest BCUT2D eigenvalue weighted by atomic mass is 10.1. The van der Waals surface area contributed by atoms with Gasteiger partial charge in [0.2, 0.25) is 5.91 Å². The number of hydrogen-bond donors (Lipinski definition) is 1. The minimum absolute atomic E-state index is 0.193. The molecule has 0 saturated heterocycles. The van der Waals surface area contributed by atoms with Gasteiger partial charge in [-0.1, -0.05) is 12.1 Å². The lowest BCUT2D eigenvalue weighted by Gasteiger charge is -2.21. The number of imide groups is 1. The predicted molar refractivity (Wildman–Crippen MR) is 88.2 cm³/mol. The molecule has 27 heavy (non-hydrogen) atoms. The zero-order chi connectivity index (χ0) is 19.8. The van der Waals surface area contributed by atoms with Crippen molar-refractivity contribution in [2.24, 2.45) is 0 Å². The molecule has 0 aliphatic carbocycles. The van der Waals surface area contributed by atoms with Gasteiger partial charge in [0.15, 0.2) is 0 Å². The van der Waals surface area contributed by atoms with Crippen LogP contribution in [0.25, 0.3) is 0 Å². The normalized spacial score (nSPS) is 14.7. The predicted octanol–water partition coefficient (Wildman–Crippen LogP) is 3.21. The fourth-order valence-corrected chi connectivity index (χ4v) is 2.66. The first-order valence-corrected chi connectivity index (χ1v) is 7.81. The Kier molecular flexibility index (Phi) is 4.61. The van der Waals surface area contributed by atoms with Crippen LogP contribution in [0.5, 0.6) is 5.75 Å². The Morgan fingerprint density at radius 1 is 1.00 bits per heavy atom. The zero-order valence-electron chi connectivity index (χ0n) is 13.9. The standard InChI is InChI=1S/C18H13F3N2O4/c1-10(23-16(25)13-4-2-3-5-14(13)17(23)26)15(24)22-11-6-8-12(9-7-11)27-18(19,20)21/h2-10H,1H3,(H,22,24)/t10-/m0/s1. The van der Waals surface area contributed by atoms with Crippen molar-refractivity contribution < 1.29 is 32.3 Å². The van der Waals surface area contributed by atoms with Crippen molar-refractivity contribution in [2.75, 3.05) is 5.32 Å². The number of carbonyl (C=O) groups is 3. The van der Waals surface area contributed by atoms with Crippen molar-refractivity contribution in [1.82, 2.24) is 4.90 Å². The van der Waals surface area contributed by atoms with Gasteiger partial charge >= 0.3 is 6.36 Å². The molecule has 2 aromatic rings. The highest BCUT2D eigenvalue weighted by Gasteiger charge is 2.40. The number of halogens is 3. The number of nitrogens with one attached hydrogen (secondary N) is 1. The second kappa shape index (κ2) is 6.75. The van der Waals surface area contributed by atoms with Crippen LogP contribution in [0.15, 0.2) is 48.5 Å². The molecule has 3 rings (SSSR count). The highest BCUT2D eigenvalue weighted by atomic mass is 19.4. The van der Waals surface area contributed by atoms with Crippen LogP contribution in [0, 0.1) is 0 Å². The van der Waals surface area contributed by atoms with Crippen LogP contribution in [0.3, 0.4) is 0 Å². The smallest absolute Gasteiger partial charge is 0.406 e. The topological polar surface area (TPSA) is 75.7 Å². The molecule has 140 valence electrons. The van der Waals surface area contributed by atoms with Crippen LogP contribution in [-0.4, -0.2) is 35.0 Å². The summed E-state index contributed by atoms with van der Waals surface area (Å²) >= 11 is 0. The quantitative estimate of drug-likeness (QED) is 0.829. The maximum atomic E-state index is 12.4. The SMILES string of the molecule is C[C@@H](C(=O)Nc1ccc(OC(F)(F)F)cc1)N1C(=O)c2ccccc2C1=O. The molecule has 0 bridgehead atoms. The van der Waals surface area contributed by atoms with Crippen LogP contribution < -0.4 is 10.1 Å². The van der Waals surface area contributed by atoms with E-state index in [1.165, 1.54) is 31.2 Å². The first-order chi connectivity index (χ1) is 12.7. The van der Waals surface area contributed by atoms with Gasteiger partial charge in [-0.3, -0.25) is 19.3 Å². The molecule has 0 aromatic heterocycles. The van der Waals surface area contributed by atoms with E-state index in [-0.39, 0.29) is 16.8 Å². The number of carbonyl (C=O) groups excluding carboxylic acids is 3. The van der Waals surface area contributed by atoms with E-state index in [1.807, 2.05) is 0 Å².